The summed E-state index contributed by atoms with van der Waals surface area (Å²) in [4.78, 5) is 71.2. The summed E-state index contributed by atoms with van der Waals surface area (Å²) in [5, 5.41) is 25.7. The van der Waals surface area contributed by atoms with Crippen LogP contribution in [-0.4, -0.2) is 76.5 Å². The molecule has 0 aliphatic carbocycles. The number of hydrogen-bond donors (Lipinski definition) is 8. The third-order valence-corrected chi connectivity index (χ3v) is 4.78. The molecule has 1 rings (SSSR count). The van der Waals surface area contributed by atoms with Crippen LogP contribution >= 0.6 is 0 Å². The normalized spacial score (nSPS) is 14.0. The van der Waals surface area contributed by atoms with Crippen molar-refractivity contribution in [2.75, 3.05) is 6.61 Å². The van der Waals surface area contributed by atoms with Crippen molar-refractivity contribution in [1.29, 1.82) is 0 Å². The first kappa shape index (κ1) is 29.0. The molecule has 192 valence electrons. The van der Waals surface area contributed by atoms with Crippen molar-refractivity contribution in [3.63, 3.8) is 0 Å². The van der Waals surface area contributed by atoms with E-state index in [1.165, 1.54) is 0 Å². The molecule has 0 saturated carbocycles. The number of rotatable bonds is 15. The van der Waals surface area contributed by atoms with E-state index in [9.17, 15) is 39.0 Å². The minimum Gasteiger partial charge on any atom is -0.480 e. The summed E-state index contributed by atoms with van der Waals surface area (Å²) >= 11 is 0. The summed E-state index contributed by atoms with van der Waals surface area (Å²) < 4.78 is 0. The van der Waals surface area contributed by atoms with Crippen molar-refractivity contribution < 1.29 is 39.0 Å². The molecule has 0 bridgehead atoms. The third kappa shape index (κ3) is 10.6. The van der Waals surface area contributed by atoms with Crippen molar-refractivity contribution >= 4 is 35.5 Å². The molecule has 0 heterocycles. The topological polar surface area (TPSA) is 257 Å². The zero-order valence-electron chi connectivity index (χ0n) is 18.8. The van der Waals surface area contributed by atoms with Gasteiger partial charge in [0.25, 0.3) is 0 Å². The molecule has 4 atom stereocenters. The fourth-order valence-corrected chi connectivity index (χ4v) is 2.93. The number of nitrogens with two attached hydrogens (primary N) is 3. The van der Waals surface area contributed by atoms with Crippen molar-refractivity contribution in [3.05, 3.63) is 35.9 Å². The maximum absolute atomic E-state index is 12.7. The first-order chi connectivity index (χ1) is 16.4. The van der Waals surface area contributed by atoms with E-state index in [4.69, 9.17) is 17.2 Å². The monoisotopic (exact) mass is 494 g/mol. The number of hydrogen-bond acceptors (Lipinski definition) is 8. The van der Waals surface area contributed by atoms with Crippen LogP contribution in [0.3, 0.4) is 0 Å². The Morgan fingerprint density at radius 1 is 0.800 bits per heavy atom. The summed E-state index contributed by atoms with van der Waals surface area (Å²) in [6.07, 6.45) is -1.15. The second-order valence-corrected chi connectivity index (χ2v) is 7.68. The highest BCUT2D eigenvalue weighted by atomic mass is 16.4. The Morgan fingerprint density at radius 2 is 1.34 bits per heavy atom. The number of aliphatic hydroxyl groups is 1. The molecule has 4 unspecified atom stereocenters. The van der Waals surface area contributed by atoms with Gasteiger partial charge in [0.05, 0.1) is 19.1 Å². The number of aliphatic carboxylic acids is 1. The number of aliphatic hydroxyl groups excluding tert-OH is 1. The highest BCUT2D eigenvalue weighted by Crippen LogP contribution is 2.05. The Morgan fingerprint density at radius 3 is 1.86 bits per heavy atom. The molecule has 0 spiro atoms. The molecule has 0 aliphatic rings. The van der Waals surface area contributed by atoms with E-state index in [2.05, 4.69) is 16.0 Å². The van der Waals surface area contributed by atoms with Crippen molar-refractivity contribution in [2.45, 2.75) is 49.9 Å². The first-order valence-corrected chi connectivity index (χ1v) is 10.6. The van der Waals surface area contributed by atoms with E-state index >= 15 is 0 Å². The van der Waals surface area contributed by atoms with Gasteiger partial charge in [-0.25, -0.2) is 4.79 Å². The van der Waals surface area contributed by atoms with E-state index in [0.29, 0.717) is 5.56 Å². The molecule has 1 aromatic carbocycles. The van der Waals surface area contributed by atoms with Gasteiger partial charge < -0.3 is 43.4 Å². The van der Waals surface area contributed by atoms with E-state index in [1.54, 1.807) is 30.3 Å². The second-order valence-electron chi connectivity index (χ2n) is 7.68. The van der Waals surface area contributed by atoms with Crippen LogP contribution in [0.5, 0.6) is 0 Å². The van der Waals surface area contributed by atoms with Gasteiger partial charge in [-0.05, 0) is 12.0 Å². The van der Waals surface area contributed by atoms with Gasteiger partial charge in [0.1, 0.15) is 18.1 Å². The zero-order chi connectivity index (χ0) is 26.5. The van der Waals surface area contributed by atoms with Gasteiger partial charge >= 0.3 is 5.97 Å². The van der Waals surface area contributed by atoms with E-state index in [-0.39, 0.29) is 19.3 Å². The average molecular weight is 495 g/mol. The van der Waals surface area contributed by atoms with Crippen LogP contribution in [0.4, 0.5) is 0 Å². The van der Waals surface area contributed by atoms with Gasteiger partial charge in [-0.3, -0.25) is 24.0 Å². The molecule has 11 N–H and O–H groups in total. The smallest absolute Gasteiger partial charge is 0.326 e. The quantitative estimate of drug-likeness (QED) is 0.119. The van der Waals surface area contributed by atoms with Crippen LogP contribution in [0.1, 0.15) is 24.8 Å². The number of benzene rings is 1. The molecular weight excluding hydrogens is 464 g/mol. The van der Waals surface area contributed by atoms with Crippen LogP contribution in [0.15, 0.2) is 30.3 Å². The fraction of sp³-hybridized carbons (Fsp3) is 0.429. The van der Waals surface area contributed by atoms with Crippen LogP contribution in [0.2, 0.25) is 0 Å². The molecule has 35 heavy (non-hydrogen) atoms. The van der Waals surface area contributed by atoms with Gasteiger partial charge in [0.15, 0.2) is 0 Å². The number of carboxylic acids is 1. The Kier molecular flexibility index (Phi) is 11.8. The summed E-state index contributed by atoms with van der Waals surface area (Å²) in [6, 6.07) is 2.76. The molecular formula is C21H30N6O8. The predicted octanol–water partition coefficient (Wildman–Crippen LogP) is -3.77. The SMILES string of the molecule is NC(=O)CCC(NC(=O)C(N)CC(N)=O)C(=O)NC(CO)C(=O)NC(Cc1ccccc1)C(=O)O. The number of primary amides is 2. The van der Waals surface area contributed by atoms with Crippen molar-refractivity contribution in [3.8, 4) is 0 Å². The van der Waals surface area contributed by atoms with E-state index in [1.807, 2.05) is 0 Å². The Bertz CT molecular complexity index is 926. The highest BCUT2D eigenvalue weighted by Gasteiger charge is 2.30. The lowest BCUT2D eigenvalue weighted by Crippen LogP contribution is -2.58. The van der Waals surface area contributed by atoms with Crippen molar-refractivity contribution in [1.82, 2.24) is 16.0 Å². The second kappa shape index (κ2) is 14.3. The first-order valence-electron chi connectivity index (χ1n) is 10.6. The Labute approximate surface area is 200 Å². The standard InChI is InChI=1S/C21H30N6O8/c22-12(9-17(24)30)18(31)25-13(6-7-16(23)29)19(32)27-15(10-28)20(33)26-14(21(34)35)8-11-4-2-1-3-5-11/h1-5,12-15,28H,6-10,22H2,(H2,23,29)(H2,24,30)(H,25,31)(H,26,33)(H,27,32)(H,34,35). The zero-order valence-corrected chi connectivity index (χ0v) is 18.8. The number of carboxylic acid groups (broad SMARTS) is 1. The summed E-state index contributed by atoms with van der Waals surface area (Å²) in [6.45, 7) is -0.896. The third-order valence-electron chi connectivity index (χ3n) is 4.78. The molecule has 5 amide bonds. The summed E-state index contributed by atoms with van der Waals surface area (Å²) in [5.41, 5.74) is 16.3. The number of carbonyl (C=O) groups excluding carboxylic acids is 5. The lowest BCUT2D eigenvalue weighted by molar-refractivity contribution is -0.142. The highest BCUT2D eigenvalue weighted by molar-refractivity contribution is 5.95. The number of carbonyl (C=O) groups is 6. The molecule has 0 saturated heterocycles. The largest absolute Gasteiger partial charge is 0.480 e. The van der Waals surface area contributed by atoms with Gasteiger partial charge in [-0.2, -0.15) is 0 Å². The number of nitrogens with one attached hydrogen (secondary N) is 3. The van der Waals surface area contributed by atoms with E-state index < -0.39 is 72.7 Å². The van der Waals surface area contributed by atoms with Gasteiger partial charge in [-0.1, -0.05) is 30.3 Å². The summed E-state index contributed by atoms with van der Waals surface area (Å²) in [5.74, 6) is -5.86. The lowest BCUT2D eigenvalue weighted by Gasteiger charge is -2.24. The minimum atomic E-state index is -1.58. The van der Waals surface area contributed by atoms with Crippen LogP contribution in [0.25, 0.3) is 0 Å². The van der Waals surface area contributed by atoms with Gasteiger partial charge in [0.2, 0.25) is 29.5 Å². The molecule has 0 radical (unpaired) electrons. The maximum Gasteiger partial charge on any atom is 0.326 e. The number of amides is 5. The van der Waals surface area contributed by atoms with Crippen LogP contribution < -0.4 is 33.2 Å². The molecule has 1 aromatic rings. The van der Waals surface area contributed by atoms with Gasteiger partial charge in [0, 0.05) is 12.8 Å². The van der Waals surface area contributed by atoms with Crippen molar-refractivity contribution in [2.24, 2.45) is 17.2 Å². The van der Waals surface area contributed by atoms with Crippen LogP contribution in [0, 0.1) is 0 Å². The molecule has 0 aromatic heterocycles. The van der Waals surface area contributed by atoms with E-state index in [0.717, 1.165) is 0 Å². The van der Waals surface area contributed by atoms with Crippen LogP contribution in [-0.2, 0) is 35.2 Å². The predicted molar refractivity (Wildman–Crippen MR) is 121 cm³/mol. The minimum absolute atomic E-state index is 0.0525. The molecule has 14 nitrogen and oxygen atoms in total. The molecule has 14 heteroatoms. The molecule has 0 fully saturated rings. The Balaban J connectivity index is 2.89. The van der Waals surface area contributed by atoms with Gasteiger partial charge in [-0.15, -0.1) is 0 Å². The molecule has 0 aliphatic heterocycles. The summed E-state index contributed by atoms with van der Waals surface area (Å²) in [7, 11) is 0. The lowest BCUT2D eigenvalue weighted by atomic mass is 10.1. The average Bonchev–Trinajstić information content (AvgIpc) is 2.79. The fourth-order valence-electron chi connectivity index (χ4n) is 2.93. The maximum atomic E-state index is 12.7. The Hall–Kier alpha value is -4.04.